The van der Waals surface area contributed by atoms with Crippen molar-refractivity contribution in [3.05, 3.63) is 64.5 Å². The second-order valence-corrected chi connectivity index (χ2v) is 7.01. The SMILES string of the molecule is CC[C@H](C(=O)NCc1ccco1)n1nc(-c2ccc(OC)cc2)c2c(C)onc2c1=O. The van der Waals surface area contributed by atoms with Crippen molar-refractivity contribution in [1.29, 1.82) is 0 Å². The molecule has 0 unspecified atom stereocenters. The first-order valence-electron chi connectivity index (χ1n) is 9.86. The first kappa shape index (κ1) is 20.4. The lowest BCUT2D eigenvalue weighted by Gasteiger charge is -2.17. The summed E-state index contributed by atoms with van der Waals surface area (Å²) in [4.78, 5) is 26.0. The number of methoxy groups -OCH3 is 1. The second kappa shape index (κ2) is 8.47. The first-order valence-corrected chi connectivity index (χ1v) is 9.86. The lowest BCUT2D eigenvalue weighted by molar-refractivity contribution is -0.125. The Kier molecular flexibility index (Phi) is 5.57. The fraction of sp³-hybridized carbons (Fsp3) is 0.273. The Balaban J connectivity index is 1.78. The Morgan fingerprint density at radius 3 is 2.68 bits per heavy atom. The van der Waals surface area contributed by atoms with Crippen LogP contribution in [-0.2, 0) is 11.3 Å². The molecule has 0 aliphatic heterocycles. The summed E-state index contributed by atoms with van der Waals surface area (Å²) in [5.74, 6) is 1.45. The summed E-state index contributed by atoms with van der Waals surface area (Å²) in [5.41, 5.74) is 0.907. The first-order chi connectivity index (χ1) is 15.0. The fourth-order valence-electron chi connectivity index (χ4n) is 3.45. The van der Waals surface area contributed by atoms with Gasteiger partial charge in [0.25, 0.3) is 5.56 Å². The number of hydrogen-bond donors (Lipinski definition) is 1. The molecule has 0 saturated carbocycles. The predicted octanol–water partition coefficient (Wildman–Crippen LogP) is 3.23. The summed E-state index contributed by atoms with van der Waals surface area (Å²) in [6, 6.07) is 9.95. The second-order valence-electron chi connectivity index (χ2n) is 7.01. The highest BCUT2D eigenvalue weighted by atomic mass is 16.5. The van der Waals surface area contributed by atoms with E-state index in [-0.39, 0.29) is 18.0 Å². The molecule has 1 N–H and O–H groups in total. The molecule has 0 radical (unpaired) electrons. The van der Waals surface area contributed by atoms with E-state index in [1.54, 1.807) is 38.3 Å². The molecule has 3 heterocycles. The molecule has 31 heavy (non-hydrogen) atoms. The van der Waals surface area contributed by atoms with E-state index in [4.69, 9.17) is 13.7 Å². The zero-order valence-corrected chi connectivity index (χ0v) is 17.4. The number of rotatable bonds is 7. The number of amides is 1. The lowest BCUT2D eigenvalue weighted by atomic mass is 10.1. The van der Waals surface area contributed by atoms with Crippen molar-refractivity contribution >= 4 is 16.8 Å². The molecule has 0 fully saturated rings. The summed E-state index contributed by atoms with van der Waals surface area (Å²) in [6.45, 7) is 3.76. The maximum atomic E-state index is 13.1. The van der Waals surface area contributed by atoms with Gasteiger partial charge in [-0.3, -0.25) is 9.59 Å². The number of nitrogens with zero attached hydrogens (tertiary/aromatic N) is 3. The third kappa shape index (κ3) is 3.81. The Bertz CT molecular complexity index is 1260. The molecular weight excluding hydrogens is 400 g/mol. The maximum absolute atomic E-state index is 13.1. The van der Waals surface area contributed by atoms with Crippen molar-refractivity contribution in [2.45, 2.75) is 32.9 Å². The lowest BCUT2D eigenvalue weighted by Crippen LogP contribution is -2.38. The Morgan fingerprint density at radius 1 is 1.26 bits per heavy atom. The number of nitrogens with one attached hydrogen (secondary N) is 1. The number of carbonyl (C=O) groups excluding carboxylic acids is 1. The van der Waals surface area contributed by atoms with Crippen LogP contribution in [0.1, 0.15) is 30.9 Å². The topological polar surface area (TPSA) is 112 Å². The van der Waals surface area contributed by atoms with E-state index in [2.05, 4.69) is 15.6 Å². The van der Waals surface area contributed by atoms with Gasteiger partial charge >= 0.3 is 0 Å². The van der Waals surface area contributed by atoms with E-state index in [0.717, 1.165) is 5.56 Å². The van der Waals surface area contributed by atoms with Crippen molar-refractivity contribution in [3.8, 4) is 17.0 Å². The van der Waals surface area contributed by atoms with E-state index in [0.29, 0.717) is 34.8 Å². The molecule has 0 aliphatic rings. The van der Waals surface area contributed by atoms with Crippen LogP contribution in [0.25, 0.3) is 22.2 Å². The van der Waals surface area contributed by atoms with Crippen molar-refractivity contribution in [1.82, 2.24) is 20.3 Å². The van der Waals surface area contributed by atoms with Crippen LogP contribution in [0.5, 0.6) is 5.75 Å². The summed E-state index contributed by atoms with van der Waals surface area (Å²) in [6.07, 6.45) is 1.90. The molecular formula is C22H22N4O5. The molecule has 160 valence electrons. The largest absolute Gasteiger partial charge is 0.497 e. The number of carbonyl (C=O) groups is 1. The summed E-state index contributed by atoms with van der Waals surface area (Å²) in [5, 5.41) is 11.8. The number of furan rings is 1. The summed E-state index contributed by atoms with van der Waals surface area (Å²) in [7, 11) is 1.59. The minimum absolute atomic E-state index is 0.135. The van der Waals surface area contributed by atoms with Crippen molar-refractivity contribution in [3.63, 3.8) is 0 Å². The summed E-state index contributed by atoms with van der Waals surface area (Å²) < 4.78 is 16.9. The van der Waals surface area contributed by atoms with Crippen LogP contribution in [0.2, 0.25) is 0 Å². The molecule has 0 aliphatic carbocycles. The minimum Gasteiger partial charge on any atom is -0.497 e. The average Bonchev–Trinajstić information content (AvgIpc) is 3.45. The van der Waals surface area contributed by atoms with Crippen LogP contribution < -0.4 is 15.6 Å². The number of fused-ring (bicyclic) bond motifs is 1. The molecule has 1 atom stereocenters. The number of ether oxygens (including phenoxy) is 1. The van der Waals surface area contributed by atoms with E-state index in [1.165, 1.54) is 10.9 Å². The van der Waals surface area contributed by atoms with Gasteiger partial charge in [0.15, 0.2) is 5.52 Å². The average molecular weight is 422 g/mol. The van der Waals surface area contributed by atoms with Gasteiger partial charge in [0.05, 0.1) is 25.3 Å². The maximum Gasteiger partial charge on any atom is 0.297 e. The van der Waals surface area contributed by atoms with E-state index in [9.17, 15) is 9.59 Å². The zero-order valence-electron chi connectivity index (χ0n) is 17.4. The van der Waals surface area contributed by atoms with Gasteiger partial charge in [0, 0.05) is 5.56 Å². The molecule has 0 saturated heterocycles. The van der Waals surface area contributed by atoms with Gasteiger partial charge in [-0.1, -0.05) is 12.1 Å². The van der Waals surface area contributed by atoms with Crippen LogP contribution in [0.3, 0.4) is 0 Å². The van der Waals surface area contributed by atoms with Gasteiger partial charge in [-0.25, -0.2) is 4.68 Å². The monoisotopic (exact) mass is 422 g/mol. The van der Waals surface area contributed by atoms with Gasteiger partial charge in [0.2, 0.25) is 5.91 Å². The van der Waals surface area contributed by atoms with Crippen LogP contribution in [0.15, 0.2) is 56.4 Å². The molecule has 1 aromatic carbocycles. The van der Waals surface area contributed by atoms with E-state index < -0.39 is 11.6 Å². The van der Waals surface area contributed by atoms with Crippen molar-refractivity contribution < 1.29 is 18.5 Å². The highest BCUT2D eigenvalue weighted by Crippen LogP contribution is 2.29. The molecule has 1 amide bonds. The van der Waals surface area contributed by atoms with Gasteiger partial charge in [-0.15, -0.1) is 0 Å². The van der Waals surface area contributed by atoms with Gasteiger partial charge in [-0.2, -0.15) is 5.10 Å². The van der Waals surface area contributed by atoms with Crippen LogP contribution in [0.4, 0.5) is 0 Å². The third-order valence-electron chi connectivity index (χ3n) is 5.08. The van der Waals surface area contributed by atoms with Crippen molar-refractivity contribution in [2.24, 2.45) is 0 Å². The predicted molar refractivity (Wildman–Crippen MR) is 113 cm³/mol. The van der Waals surface area contributed by atoms with E-state index in [1.807, 2.05) is 19.1 Å². The fourth-order valence-corrected chi connectivity index (χ4v) is 3.45. The van der Waals surface area contributed by atoms with Crippen LogP contribution in [0, 0.1) is 6.92 Å². The number of aromatic nitrogens is 3. The highest BCUT2D eigenvalue weighted by molar-refractivity contribution is 5.93. The molecule has 3 aromatic heterocycles. The smallest absolute Gasteiger partial charge is 0.297 e. The molecule has 9 heteroatoms. The normalized spacial score (nSPS) is 12.1. The van der Waals surface area contributed by atoms with Crippen LogP contribution in [-0.4, -0.2) is 28.0 Å². The Morgan fingerprint density at radius 2 is 2.03 bits per heavy atom. The van der Waals surface area contributed by atoms with Gasteiger partial charge < -0.3 is 19.0 Å². The highest BCUT2D eigenvalue weighted by Gasteiger charge is 2.26. The molecule has 0 spiro atoms. The number of benzene rings is 1. The van der Waals surface area contributed by atoms with Crippen molar-refractivity contribution in [2.75, 3.05) is 7.11 Å². The van der Waals surface area contributed by atoms with E-state index >= 15 is 0 Å². The number of hydrogen-bond acceptors (Lipinski definition) is 7. The number of aryl methyl sites for hydroxylation is 1. The third-order valence-corrected chi connectivity index (χ3v) is 5.08. The zero-order chi connectivity index (χ0) is 22.0. The molecule has 4 rings (SSSR count). The minimum atomic E-state index is -0.819. The van der Waals surface area contributed by atoms with Gasteiger partial charge in [-0.05, 0) is 49.7 Å². The van der Waals surface area contributed by atoms with Gasteiger partial charge in [0.1, 0.15) is 29.0 Å². The Hall–Kier alpha value is -3.88. The molecule has 4 aromatic rings. The molecule has 9 nitrogen and oxygen atoms in total. The molecule has 0 bridgehead atoms. The quantitative estimate of drug-likeness (QED) is 0.486. The standard InChI is InChI=1S/C22H22N4O5/c1-4-17(21(27)23-12-16-6-5-11-30-16)26-22(28)20-18(13(2)31-25-20)19(24-26)14-7-9-15(29-3)10-8-14/h5-11,17H,4,12H2,1-3H3,(H,23,27)/t17-/m1/s1. The summed E-state index contributed by atoms with van der Waals surface area (Å²) >= 11 is 0. The Labute approximate surface area is 177 Å². The van der Waals surface area contributed by atoms with Crippen LogP contribution >= 0.6 is 0 Å².